The summed E-state index contributed by atoms with van der Waals surface area (Å²) in [6.45, 7) is 0.879. The van der Waals surface area contributed by atoms with Gasteiger partial charge < -0.3 is 10.1 Å². The minimum absolute atomic E-state index is 0.0734. The summed E-state index contributed by atoms with van der Waals surface area (Å²) in [5.74, 6) is -1.30. The Hall–Kier alpha value is -1.16. The summed E-state index contributed by atoms with van der Waals surface area (Å²) in [6, 6.07) is 0. The Balaban J connectivity index is 2.70. The van der Waals surface area contributed by atoms with Crippen molar-refractivity contribution in [2.75, 3.05) is 26.9 Å². The molecule has 0 aliphatic carbocycles. The molecule has 0 radical (unpaired) electrons. The Morgan fingerprint density at radius 1 is 1.38 bits per heavy atom. The highest BCUT2D eigenvalue weighted by Crippen LogP contribution is 2.57. The van der Waals surface area contributed by atoms with Crippen molar-refractivity contribution in [2.45, 2.75) is 32.5 Å². The van der Waals surface area contributed by atoms with E-state index >= 15 is 0 Å². The second kappa shape index (κ2) is 7.81. The van der Waals surface area contributed by atoms with Gasteiger partial charge in [0.15, 0.2) is 12.7 Å². The largest absolute Gasteiger partial charge is 0.475 e. The first kappa shape index (κ1) is 20.9. The summed E-state index contributed by atoms with van der Waals surface area (Å²) in [4.78, 5) is 23.1. The number of hydrogen-bond donors (Lipinski definition) is 1. The summed E-state index contributed by atoms with van der Waals surface area (Å²) in [5, 5.41) is 2.36. The Kier molecular flexibility index (Phi) is 6.80. The molecule has 1 unspecified atom stereocenters. The molecule has 0 bridgehead atoms. The van der Waals surface area contributed by atoms with Crippen LogP contribution in [0.15, 0.2) is 0 Å². The number of phosphoric acid groups is 1. The molecule has 0 aromatic carbocycles. The van der Waals surface area contributed by atoms with Gasteiger partial charge in [-0.15, -0.1) is 0 Å². The van der Waals surface area contributed by atoms with Gasteiger partial charge in [-0.3, -0.25) is 23.2 Å². The van der Waals surface area contributed by atoms with Crippen molar-refractivity contribution in [1.29, 1.82) is 0 Å². The maximum atomic E-state index is 12.2. The highest BCUT2D eigenvalue weighted by molar-refractivity contribution is 7.48. The lowest BCUT2D eigenvalue weighted by Crippen LogP contribution is -2.50. The summed E-state index contributed by atoms with van der Waals surface area (Å²) >= 11 is 0. The lowest BCUT2D eigenvalue weighted by Gasteiger charge is -2.39. The van der Waals surface area contributed by atoms with Crippen molar-refractivity contribution in [3.8, 4) is 0 Å². The molecule has 12 heteroatoms. The van der Waals surface area contributed by atoms with Crippen molar-refractivity contribution in [3.05, 3.63) is 0 Å². The molecule has 0 aromatic rings. The number of phosphoric ester groups is 1. The fourth-order valence-electron chi connectivity index (χ4n) is 1.73. The second-order valence-electron chi connectivity index (χ2n) is 5.70. The van der Waals surface area contributed by atoms with Gasteiger partial charge in [0.25, 0.3) is 0 Å². The lowest BCUT2D eigenvalue weighted by molar-refractivity contribution is -0.166. The number of nitrogens with one attached hydrogen (secondary N) is 1. The Labute approximate surface area is 136 Å². The molecule has 1 heterocycles. The first-order valence-corrected chi connectivity index (χ1v) is 8.33. The van der Waals surface area contributed by atoms with Crippen molar-refractivity contribution in [1.82, 2.24) is 5.32 Å². The van der Waals surface area contributed by atoms with Gasteiger partial charge in [0.05, 0.1) is 20.1 Å². The van der Waals surface area contributed by atoms with Gasteiger partial charge in [0.1, 0.15) is 0 Å². The number of hydrogen-bond acceptors (Lipinski definition) is 7. The predicted molar refractivity (Wildman–Crippen MR) is 73.9 cm³/mol. The van der Waals surface area contributed by atoms with E-state index < -0.39 is 44.0 Å². The highest BCUT2D eigenvalue weighted by Gasteiger charge is 2.50. The van der Waals surface area contributed by atoms with Crippen molar-refractivity contribution in [2.24, 2.45) is 5.41 Å². The van der Waals surface area contributed by atoms with Crippen LogP contribution in [0.5, 0.6) is 0 Å². The van der Waals surface area contributed by atoms with E-state index in [0.29, 0.717) is 0 Å². The van der Waals surface area contributed by atoms with Crippen LogP contribution in [0.25, 0.3) is 0 Å². The highest BCUT2D eigenvalue weighted by atomic mass is 31.2. The summed E-state index contributed by atoms with van der Waals surface area (Å²) in [7, 11) is -3.35. The van der Waals surface area contributed by atoms with Crippen LogP contribution in [-0.2, 0) is 32.5 Å². The van der Waals surface area contributed by atoms with Gasteiger partial charge in [-0.05, 0) is 0 Å². The monoisotopic (exact) mass is 377 g/mol. The molecule has 1 aliphatic rings. The molecule has 8 nitrogen and oxygen atoms in total. The number of carbonyl (C=O) groups excluding carboxylic acids is 2. The molecule has 2 atom stereocenters. The average Bonchev–Trinajstić information content (AvgIpc) is 2.47. The average molecular weight is 377 g/mol. The third kappa shape index (κ3) is 6.39. The zero-order valence-electron chi connectivity index (χ0n) is 13.3. The zero-order chi connectivity index (χ0) is 18.6. The minimum Gasteiger partial charge on any atom is -0.469 e. The van der Waals surface area contributed by atoms with Gasteiger partial charge in [-0.2, -0.15) is 13.2 Å². The zero-order valence-corrected chi connectivity index (χ0v) is 14.2. The van der Waals surface area contributed by atoms with Crippen LogP contribution in [0, 0.1) is 5.41 Å². The van der Waals surface area contributed by atoms with Crippen LogP contribution < -0.4 is 5.32 Å². The molecule has 1 saturated heterocycles. The molecular weight excluding hydrogens is 358 g/mol. The number of alkyl halides is 3. The van der Waals surface area contributed by atoms with Crippen molar-refractivity contribution < 1.29 is 45.6 Å². The number of methoxy groups -OCH3 is 1. The smallest absolute Gasteiger partial charge is 0.469 e. The van der Waals surface area contributed by atoms with E-state index in [4.69, 9.17) is 9.05 Å². The number of carbonyl (C=O) groups is 2. The van der Waals surface area contributed by atoms with Gasteiger partial charge >= 0.3 is 20.0 Å². The van der Waals surface area contributed by atoms with E-state index in [-0.39, 0.29) is 19.6 Å². The number of esters is 1. The van der Waals surface area contributed by atoms with Crippen LogP contribution in [0.2, 0.25) is 0 Å². The third-order valence-electron chi connectivity index (χ3n) is 3.02. The second-order valence-corrected chi connectivity index (χ2v) is 7.32. The standard InChI is InChI=1S/C12H19F3NO7P/c1-11(2)6-21-24(19,22-7-12(13,14)15)23-9(11)10(18)16-5-4-8(17)20-3/h9H,4-7H2,1-3H3,(H,16,18)/t9-,24?/m0/s1. The number of amides is 1. The molecule has 1 N–H and O–H groups in total. The molecule has 1 amide bonds. The van der Waals surface area contributed by atoms with Gasteiger partial charge in [0, 0.05) is 12.0 Å². The summed E-state index contributed by atoms with van der Waals surface area (Å²) in [6.07, 6.45) is -6.20. The molecule has 0 aromatic heterocycles. The normalized spacial score (nSPS) is 26.7. The Morgan fingerprint density at radius 3 is 2.54 bits per heavy atom. The van der Waals surface area contributed by atoms with Crippen LogP contribution in [0.1, 0.15) is 20.3 Å². The van der Waals surface area contributed by atoms with Crippen LogP contribution in [0.3, 0.4) is 0 Å². The van der Waals surface area contributed by atoms with Gasteiger partial charge in [-0.1, -0.05) is 13.8 Å². The minimum atomic E-state index is -4.73. The van der Waals surface area contributed by atoms with E-state index in [9.17, 15) is 27.3 Å². The number of rotatable bonds is 6. The molecule has 1 aliphatic heterocycles. The molecule has 0 saturated carbocycles. The number of ether oxygens (including phenoxy) is 1. The van der Waals surface area contributed by atoms with Crippen LogP contribution in [-0.4, -0.2) is 51.0 Å². The molecule has 0 spiro atoms. The van der Waals surface area contributed by atoms with E-state index in [1.54, 1.807) is 13.8 Å². The predicted octanol–water partition coefficient (Wildman–Crippen LogP) is 1.79. The van der Waals surface area contributed by atoms with Crippen LogP contribution >= 0.6 is 7.82 Å². The molecule has 24 heavy (non-hydrogen) atoms. The maximum absolute atomic E-state index is 12.2. The fraction of sp³-hybridized carbons (Fsp3) is 0.833. The van der Waals surface area contributed by atoms with Crippen molar-refractivity contribution >= 4 is 19.7 Å². The Bertz CT molecular complexity index is 523. The van der Waals surface area contributed by atoms with Crippen molar-refractivity contribution in [3.63, 3.8) is 0 Å². The summed E-state index contributed by atoms with van der Waals surface area (Å²) in [5.41, 5.74) is -0.967. The lowest BCUT2D eigenvalue weighted by atomic mass is 9.87. The topological polar surface area (TPSA) is 100 Å². The SMILES string of the molecule is COC(=O)CCNC(=O)[C@@H]1OP(=O)(OCC(F)(F)F)OCC1(C)C. The molecule has 140 valence electrons. The maximum Gasteiger partial charge on any atom is 0.475 e. The fourth-order valence-corrected chi connectivity index (χ4v) is 3.36. The summed E-state index contributed by atoms with van der Waals surface area (Å²) < 4.78 is 66.9. The van der Waals surface area contributed by atoms with Crippen LogP contribution in [0.4, 0.5) is 13.2 Å². The quantitative estimate of drug-likeness (QED) is 0.556. The van der Waals surface area contributed by atoms with E-state index in [1.165, 1.54) is 7.11 Å². The van der Waals surface area contributed by atoms with E-state index in [2.05, 4.69) is 14.6 Å². The molecule has 1 fully saturated rings. The van der Waals surface area contributed by atoms with E-state index in [0.717, 1.165) is 0 Å². The molecule has 1 rings (SSSR count). The Morgan fingerprint density at radius 2 is 2.00 bits per heavy atom. The number of halogens is 3. The first-order valence-electron chi connectivity index (χ1n) is 6.87. The van der Waals surface area contributed by atoms with Gasteiger partial charge in [-0.25, -0.2) is 4.57 Å². The van der Waals surface area contributed by atoms with E-state index in [1.807, 2.05) is 0 Å². The van der Waals surface area contributed by atoms with Gasteiger partial charge in [0.2, 0.25) is 5.91 Å². The third-order valence-corrected chi connectivity index (χ3v) is 4.38. The molecular formula is C12H19F3NO7P. The first-order chi connectivity index (χ1) is 10.9.